The van der Waals surface area contributed by atoms with Gasteiger partial charge in [-0.05, 0) is 51.3 Å². The maximum absolute atomic E-state index is 11.8. The Hall–Kier alpha value is -2.41. The predicted octanol–water partition coefficient (Wildman–Crippen LogP) is 1.36. The fourth-order valence-corrected chi connectivity index (χ4v) is 2.01. The number of aromatic nitrogens is 2. The summed E-state index contributed by atoms with van der Waals surface area (Å²) in [4.78, 5) is 18.1. The van der Waals surface area contributed by atoms with Gasteiger partial charge in [0.25, 0.3) is 0 Å². The molecular formula is C16H22N4O3. The molecule has 2 rings (SSSR count). The number of carbonyl (C=O) groups excluding carboxylic acids is 1. The van der Waals surface area contributed by atoms with Gasteiger partial charge < -0.3 is 19.5 Å². The smallest absolute Gasteiger partial charge is 0.236 e. The van der Waals surface area contributed by atoms with Gasteiger partial charge in [0.15, 0.2) is 0 Å². The van der Waals surface area contributed by atoms with Crippen molar-refractivity contribution in [2.75, 3.05) is 34.3 Å². The van der Waals surface area contributed by atoms with Gasteiger partial charge >= 0.3 is 0 Å². The lowest BCUT2D eigenvalue weighted by Gasteiger charge is -2.09. The molecule has 1 N–H and O–H groups in total. The van der Waals surface area contributed by atoms with Crippen molar-refractivity contribution in [2.24, 2.45) is 0 Å². The van der Waals surface area contributed by atoms with Crippen LogP contribution in [0.2, 0.25) is 0 Å². The van der Waals surface area contributed by atoms with Gasteiger partial charge in [-0.3, -0.25) is 4.79 Å². The van der Waals surface area contributed by atoms with Crippen molar-refractivity contribution in [3.63, 3.8) is 0 Å². The van der Waals surface area contributed by atoms with E-state index in [1.807, 2.05) is 38.4 Å². The molecule has 0 fully saturated rings. The van der Waals surface area contributed by atoms with Crippen LogP contribution in [0.1, 0.15) is 12.3 Å². The third-order valence-electron chi connectivity index (χ3n) is 3.23. The van der Waals surface area contributed by atoms with Crippen LogP contribution in [-0.4, -0.2) is 55.2 Å². The number of nitrogens with zero attached hydrogens (tertiary/aromatic N) is 3. The van der Waals surface area contributed by atoms with Crippen LogP contribution in [-0.2, 0) is 11.2 Å². The molecule has 1 aromatic heterocycles. The second kappa shape index (κ2) is 8.28. The summed E-state index contributed by atoms with van der Waals surface area (Å²) in [6.07, 6.45) is 0.991. The van der Waals surface area contributed by atoms with E-state index < -0.39 is 0 Å². The van der Waals surface area contributed by atoms with Gasteiger partial charge in [0, 0.05) is 12.1 Å². The Labute approximate surface area is 135 Å². The quantitative estimate of drug-likeness (QED) is 0.740. The molecule has 0 saturated carbocycles. The second-order valence-electron chi connectivity index (χ2n) is 5.42. The van der Waals surface area contributed by atoms with E-state index in [9.17, 15) is 4.79 Å². The molecule has 7 nitrogen and oxygen atoms in total. The molecule has 1 aromatic carbocycles. The van der Waals surface area contributed by atoms with E-state index in [0.717, 1.165) is 24.3 Å². The highest BCUT2D eigenvalue weighted by Gasteiger charge is 2.12. The number of hydrogen-bond donors (Lipinski definition) is 1. The molecule has 0 unspecified atom stereocenters. The van der Waals surface area contributed by atoms with Crippen molar-refractivity contribution in [3.8, 4) is 17.1 Å². The van der Waals surface area contributed by atoms with Gasteiger partial charge in [-0.25, -0.2) is 0 Å². The van der Waals surface area contributed by atoms with Crippen molar-refractivity contribution in [3.05, 3.63) is 30.2 Å². The SMILES string of the molecule is COc1ccc(-c2noc(CC(=O)NCCCN(C)C)n2)cc1. The molecule has 7 heteroatoms. The molecular weight excluding hydrogens is 296 g/mol. The van der Waals surface area contributed by atoms with Gasteiger partial charge in [0.1, 0.15) is 12.2 Å². The first-order chi connectivity index (χ1) is 11.1. The fraction of sp³-hybridized carbons (Fsp3) is 0.438. The van der Waals surface area contributed by atoms with Crippen molar-refractivity contribution in [2.45, 2.75) is 12.8 Å². The van der Waals surface area contributed by atoms with Crippen LogP contribution in [0.15, 0.2) is 28.8 Å². The largest absolute Gasteiger partial charge is 0.497 e. The maximum Gasteiger partial charge on any atom is 0.236 e. The summed E-state index contributed by atoms with van der Waals surface area (Å²) >= 11 is 0. The highest BCUT2D eigenvalue weighted by atomic mass is 16.5. The Bertz CT molecular complexity index is 623. The topological polar surface area (TPSA) is 80.5 Å². The molecule has 23 heavy (non-hydrogen) atoms. The number of carbonyl (C=O) groups is 1. The summed E-state index contributed by atoms with van der Waals surface area (Å²) in [6.45, 7) is 1.57. The first kappa shape index (κ1) is 17.0. The number of nitrogens with one attached hydrogen (secondary N) is 1. The summed E-state index contributed by atoms with van der Waals surface area (Å²) in [7, 11) is 5.61. The van der Waals surface area contributed by atoms with Gasteiger partial charge in [0.2, 0.25) is 17.6 Å². The van der Waals surface area contributed by atoms with Crippen molar-refractivity contribution >= 4 is 5.91 Å². The lowest BCUT2D eigenvalue weighted by Crippen LogP contribution is -2.28. The predicted molar refractivity (Wildman–Crippen MR) is 86.2 cm³/mol. The minimum absolute atomic E-state index is 0.0884. The average molecular weight is 318 g/mol. The van der Waals surface area contributed by atoms with E-state index >= 15 is 0 Å². The van der Waals surface area contributed by atoms with E-state index in [4.69, 9.17) is 9.26 Å². The minimum atomic E-state index is -0.117. The van der Waals surface area contributed by atoms with E-state index in [1.165, 1.54) is 0 Å². The standard InChI is InChI=1S/C16H22N4O3/c1-20(2)10-4-9-17-14(21)11-15-18-16(19-23-15)12-5-7-13(22-3)8-6-12/h5-8H,4,9-11H2,1-3H3,(H,17,21). The summed E-state index contributed by atoms with van der Waals surface area (Å²) in [6, 6.07) is 7.33. The van der Waals surface area contributed by atoms with E-state index in [2.05, 4.69) is 20.4 Å². The van der Waals surface area contributed by atoms with Crippen molar-refractivity contribution in [1.29, 1.82) is 0 Å². The molecule has 0 aliphatic rings. The Balaban J connectivity index is 1.85. The normalized spacial score (nSPS) is 10.8. The molecule has 0 aliphatic carbocycles. The number of amides is 1. The Morgan fingerprint density at radius 1 is 1.30 bits per heavy atom. The fourth-order valence-electron chi connectivity index (χ4n) is 2.01. The Kier molecular flexibility index (Phi) is 6.10. The molecule has 2 aromatic rings. The number of rotatable bonds is 8. The van der Waals surface area contributed by atoms with E-state index in [-0.39, 0.29) is 12.3 Å². The van der Waals surface area contributed by atoms with Crippen LogP contribution in [0.25, 0.3) is 11.4 Å². The van der Waals surface area contributed by atoms with E-state index in [1.54, 1.807) is 7.11 Å². The number of benzene rings is 1. The Morgan fingerprint density at radius 3 is 2.70 bits per heavy atom. The van der Waals surface area contributed by atoms with Crippen LogP contribution < -0.4 is 10.1 Å². The molecule has 0 bridgehead atoms. The third kappa shape index (κ3) is 5.37. The molecule has 0 saturated heterocycles. The zero-order valence-corrected chi connectivity index (χ0v) is 13.7. The minimum Gasteiger partial charge on any atom is -0.497 e. The molecule has 0 spiro atoms. The third-order valence-corrected chi connectivity index (χ3v) is 3.23. The molecule has 0 aliphatic heterocycles. The summed E-state index contributed by atoms with van der Waals surface area (Å²) < 4.78 is 10.2. The first-order valence-corrected chi connectivity index (χ1v) is 7.47. The highest BCUT2D eigenvalue weighted by Crippen LogP contribution is 2.19. The molecule has 1 amide bonds. The first-order valence-electron chi connectivity index (χ1n) is 7.47. The number of ether oxygens (including phenoxy) is 1. The number of methoxy groups -OCH3 is 1. The summed E-state index contributed by atoms with van der Waals surface area (Å²) in [5.41, 5.74) is 0.812. The van der Waals surface area contributed by atoms with Crippen molar-refractivity contribution < 1.29 is 14.1 Å². The van der Waals surface area contributed by atoms with Gasteiger partial charge in [-0.15, -0.1) is 0 Å². The molecule has 0 radical (unpaired) electrons. The molecule has 1 heterocycles. The summed E-state index contributed by atoms with van der Waals surface area (Å²) in [5.74, 6) is 1.41. The van der Waals surface area contributed by atoms with Gasteiger partial charge in [0.05, 0.1) is 7.11 Å². The van der Waals surface area contributed by atoms with E-state index in [0.29, 0.717) is 18.3 Å². The highest BCUT2D eigenvalue weighted by molar-refractivity contribution is 5.77. The van der Waals surface area contributed by atoms with Gasteiger partial charge in [-0.1, -0.05) is 5.16 Å². The second-order valence-corrected chi connectivity index (χ2v) is 5.42. The van der Waals surface area contributed by atoms with Crippen molar-refractivity contribution in [1.82, 2.24) is 20.4 Å². The van der Waals surface area contributed by atoms with Crippen LogP contribution >= 0.6 is 0 Å². The molecule has 0 atom stereocenters. The van der Waals surface area contributed by atoms with Crippen LogP contribution in [0, 0.1) is 0 Å². The lowest BCUT2D eigenvalue weighted by atomic mass is 10.2. The Morgan fingerprint density at radius 2 is 2.04 bits per heavy atom. The maximum atomic E-state index is 11.8. The average Bonchev–Trinajstić information content (AvgIpc) is 3.00. The van der Waals surface area contributed by atoms with Crippen LogP contribution in [0.3, 0.4) is 0 Å². The number of hydrogen-bond acceptors (Lipinski definition) is 6. The van der Waals surface area contributed by atoms with Crippen LogP contribution in [0.5, 0.6) is 5.75 Å². The van der Waals surface area contributed by atoms with Gasteiger partial charge in [-0.2, -0.15) is 4.98 Å². The zero-order valence-electron chi connectivity index (χ0n) is 13.7. The summed E-state index contributed by atoms with van der Waals surface area (Å²) in [5, 5.41) is 6.74. The zero-order chi connectivity index (χ0) is 16.7. The lowest BCUT2D eigenvalue weighted by molar-refractivity contribution is -0.120. The molecule has 124 valence electrons. The van der Waals surface area contributed by atoms with Crippen LogP contribution in [0.4, 0.5) is 0 Å². The monoisotopic (exact) mass is 318 g/mol.